The Bertz CT molecular complexity index is 1430. The van der Waals surface area contributed by atoms with E-state index in [1.54, 1.807) is 14.2 Å². The first-order valence-electron chi connectivity index (χ1n) is 12.5. The molecular formula is C30H31FO8. The molecule has 3 aliphatic carbocycles. The van der Waals surface area contributed by atoms with E-state index in [0.29, 0.717) is 35.0 Å². The van der Waals surface area contributed by atoms with Crippen molar-refractivity contribution in [1.82, 2.24) is 0 Å². The van der Waals surface area contributed by atoms with Crippen molar-refractivity contribution in [3.05, 3.63) is 76.0 Å². The Balaban J connectivity index is 1.80. The van der Waals surface area contributed by atoms with Crippen LogP contribution in [0.2, 0.25) is 0 Å². The second-order valence-electron chi connectivity index (χ2n) is 10.2. The number of esters is 1. The summed E-state index contributed by atoms with van der Waals surface area (Å²) in [7, 11) is 7.54. The molecule has 9 heteroatoms. The molecule has 2 aromatic rings. The maximum atomic E-state index is 13.5. The van der Waals surface area contributed by atoms with Crippen LogP contribution in [0.1, 0.15) is 35.3 Å². The normalized spacial score (nSPS) is 26.8. The molecule has 8 nitrogen and oxygen atoms in total. The Hall–Kier alpha value is -4.01. The molecule has 39 heavy (non-hydrogen) atoms. The summed E-state index contributed by atoms with van der Waals surface area (Å²) in [5.41, 5.74) is 0.672. The van der Waals surface area contributed by atoms with E-state index in [-0.39, 0.29) is 17.2 Å². The number of rotatable bonds is 7. The second-order valence-corrected chi connectivity index (χ2v) is 10.2. The van der Waals surface area contributed by atoms with Gasteiger partial charge in [0.2, 0.25) is 17.3 Å². The van der Waals surface area contributed by atoms with Crippen LogP contribution in [-0.4, -0.2) is 53.4 Å². The highest BCUT2D eigenvalue weighted by molar-refractivity contribution is 6.06. The molecule has 0 bridgehead atoms. The number of methoxy groups -OCH3 is 5. The zero-order valence-electron chi connectivity index (χ0n) is 23.0. The van der Waals surface area contributed by atoms with Crippen molar-refractivity contribution < 1.29 is 42.4 Å². The van der Waals surface area contributed by atoms with E-state index >= 15 is 0 Å². The maximum absolute atomic E-state index is 13.5. The Morgan fingerprint density at radius 3 is 2.18 bits per heavy atom. The minimum absolute atomic E-state index is 0.0647. The summed E-state index contributed by atoms with van der Waals surface area (Å²) in [5, 5.41) is 0. The third-order valence-corrected chi connectivity index (χ3v) is 8.68. The van der Waals surface area contributed by atoms with Gasteiger partial charge in [0.15, 0.2) is 17.3 Å². The molecule has 0 aliphatic heterocycles. The van der Waals surface area contributed by atoms with Gasteiger partial charge in [0.25, 0.3) is 0 Å². The number of ketones is 1. The smallest absolute Gasteiger partial charge is 0.338 e. The number of carbonyl (C=O) groups is 2. The SMILES string of the molecule is COC1=C(OC)[C@]23C(=CC1=O)[C@H](OC(=O)c1ccc(F)cc1)[C@H](C)[C@@]2(C)Cc1cc(OC)c(OC)c(OC)c13. The van der Waals surface area contributed by atoms with Gasteiger partial charge in [-0.1, -0.05) is 13.8 Å². The molecule has 0 amide bonds. The van der Waals surface area contributed by atoms with Gasteiger partial charge < -0.3 is 28.4 Å². The van der Waals surface area contributed by atoms with Crippen molar-refractivity contribution in [2.45, 2.75) is 31.8 Å². The Morgan fingerprint density at radius 1 is 0.949 bits per heavy atom. The summed E-state index contributed by atoms with van der Waals surface area (Å²) in [5.74, 6) is -0.0791. The molecule has 206 valence electrons. The van der Waals surface area contributed by atoms with Crippen LogP contribution >= 0.6 is 0 Å². The van der Waals surface area contributed by atoms with Gasteiger partial charge in [-0.15, -0.1) is 0 Å². The molecule has 0 N–H and O–H groups in total. The number of hydrogen-bond acceptors (Lipinski definition) is 8. The van der Waals surface area contributed by atoms with Gasteiger partial charge in [-0.2, -0.15) is 0 Å². The van der Waals surface area contributed by atoms with Crippen molar-refractivity contribution in [2.24, 2.45) is 11.3 Å². The van der Waals surface area contributed by atoms with Crippen molar-refractivity contribution >= 4 is 11.8 Å². The minimum Gasteiger partial charge on any atom is -0.496 e. The molecule has 1 spiro atoms. The van der Waals surface area contributed by atoms with Gasteiger partial charge in [-0.05, 0) is 59.4 Å². The van der Waals surface area contributed by atoms with E-state index in [1.165, 1.54) is 51.7 Å². The van der Waals surface area contributed by atoms with Crippen LogP contribution in [0.5, 0.6) is 17.2 Å². The third-order valence-electron chi connectivity index (χ3n) is 8.68. The van der Waals surface area contributed by atoms with Gasteiger partial charge in [-0.25, -0.2) is 9.18 Å². The molecule has 1 saturated carbocycles. The monoisotopic (exact) mass is 538 g/mol. The van der Waals surface area contributed by atoms with Gasteiger partial charge >= 0.3 is 5.97 Å². The lowest BCUT2D eigenvalue weighted by Gasteiger charge is -2.43. The quantitative estimate of drug-likeness (QED) is 0.475. The zero-order chi connectivity index (χ0) is 28.3. The molecule has 0 saturated heterocycles. The van der Waals surface area contributed by atoms with E-state index in [1.807, 2.05) is 13.0 Å². The molecular weight excluding hydrogens is 507 g/mol. The number of fused-ring (bicyclic) bond motifs is 1. The van der Waals surface area contributed by atoms with Crippen molar-refractivity contribution in [2.75, 3.05) is 35.5 Å². The predicted molar refractivity (Wildman–Crippen MR) is 138 cm³/mol. The molecule has 3 aliphatic rings. The Kier molecular flexibility index (Phi) is 6.36. The molecule has 0 radical (unpaired) electrons. The van der Waals surface area contributed by atoms with Crippen molar-refractivity contribution in [3.63, 3.8) is 0 Å². The lowest BCUT2D eigenvalue weighted by molar-refractivity contribution is -0.115. The Labute approximate surface area is 226 Å². The zero-order valence-corrected chi connectivity index (χ0v) is 23.0. The molecule has 0 aromatic heterocycles. The lowest BCUT2D eigenvalue weighted by Crippen LogP contribution is -2.45. The fourth-order valence-corrected chi connectivity index (χ4v) is 6.92. The summed E-state index contributed by atoms with van der Waals surface area (Å²) in [6.45, 7) is 4.07. The number of ether oxygens (including phenoxy) is 6. The Morgan fingerprint density at radius 2 is 1.62 bits per heavy atom. The second kappa shape index (κ2) is 9.32. The van der Waals surface area contributed by atoms with Gasteiger partial charge in [0.1, 0.15) is 11.9 Å². The summed E-state index contributed by atoms with van der Waals surface area (Å²) in [6, 6.07) is 7.05. The largest absolute Gasteiger partial charge is 0.496 e. The summed E-state index contributed by atoms with van der Waals surface area (Å²) in [4.78, 5) is 26.6. The van der Waals surface area contributed by atoms with Crippen LogP contribution in [0.3, 0.4) is 0 Å². The third kappa shape index (κ3) is 3.34. The molecule has 0 heterocycles. The molecule has 1 fully saturated rings. The number of halogens is 1. The van der Waals surface area contributed by atoms with Crippen LogP contribution in [0.25, 0.3) is 0 Å². The lowest BCUT2D eigenvalue weighted by atomic mass is 9.60. The number of allylic oxidation sites excluding steroid dienone is 2. The van der Waals surface area contributed by atoms with Crippen LogP contribution in [0.4, 0.5) is 4.39 Å². The first kappa shape index (κ1) is 26.6. The average molecular weight is 539 g/mol. The number of benzene rings is 2. The number of carbonyl (C=O) groups excluding carboxylic acids is 2. The highest BCUT2D eigenvalue weighted by atomic mass is 19.1. The van der Waals surface area contributed by atoms with E-state index in [0.717, 1.165) is 11.1 Å². The van der Waals surface area contributed by atoms with Gasteiger partial charge in [0, 0.05) is 11.5 Å². The fourth-order valence-electron chi connectivity index (χ4n) is 6.92. The molecule has 4 atom stereocenters. The first-order chi connectivity index (χ1) is 18.6. The van der Waals surface area contributed by atoms with Crippen LogP contribution in [-0.2, 0) is 30.8 Å². The van der Waals surface area contributed by atoms with E-state index in [9.17, 15) is 14.0 Å². The summed E-state index contributed by atoms with van der Waals surface area (Å²) < 4.78 is 48.6. The van der Waals surface area contributed by atoms with E-state index in [4.69, 9.17) is 28.4 Å². The molecule has 5 rings (SSSR count). The number of hydrogen-bond donors (Lipinski definition) is 0. The summed E-state index contributed by atoms with van der Waals surface area (Å²) >= 11 is 0. The topological polar surface area (TPSA) is 89.5 Å². The highest BCUT2D eigenvalue weighted by Gasteiger charge is 2.73. The standard InChI is InChI=1S/C30H31FO8/c1-15-23(39-28(33)16-8-10-18(31)11-9-16)19-13-20(32)24(35-4)27(38-7)30(19)22-17(14-29(15,30)2)12-21(34-3)25(36-5)26(22)37-6/h8-13,15,23H,14H2,1-7H3/t15-,23+,29+,30+/m0/s1. The van der Waals surface area contributed by atoms with Crippen molar-refractivity contribution in [3.8, 4) is 17.2 Å². The predicted octanol–water partition coefficient (Wildman–Crippen LogP) is 4.54. The van der Waals surface area contributed by atoms with Crippen LogP contribution in [0.15, 0.2) is 53.5 Å². The highest BCUT2D eigenvalue weighted by Crippen LogP contribution is 2.73. The molecule has 0 unspecified atom stereocenters. The van der Waals surface area contributed by atoms with Crippen LogP contribution < -0.4 is 14.2 Å². The van der Waals surface area contributed by atoms with Gasteiger partial charge in [0.05, 0.1) is 46.5 Å². The van der Waals surface area contributed by atoms with Crippen molar-refractivity contribution in [1.29, 1.82) is 0 Å². The first-order valence-corrected chi connectivity index (χ1v) is 12.5. The minimum atomic E-state index is -1.09. The van der Waals surface area contributed by atoms with E-state index < -0.39 is 34.5 Å². The average Bonchev–Trinajstić information content (AvgIpc) is 3.28. The summed E-state index contributed by atoms with van der Waals surface area (Å²) in [6.07, 6.45) is 1.21. The van der Waals surface area contributed by atoms with E-state index in [2.05, 4.69) is 6.92 Å². The van der Waals surface area contributed by atoms with Gasteiger partial charge in [-0.3, -0.25) is 4.79 Å². The molecule has 2 aromatic carbocycles. The maximum Gasteiger partial charge on any atom is 0.338 e. The van der Waals surface area contributed by atoms with Crippen LogP contribution in [0, 0.1) is 17.2 Å². The fraction of sp³-hybridized carbons (Fsp3) is 0.400.